The lowest BCUT2D eigenvalue weighted by molar-refractivity contribution is 0.592. The second-order valence-corrected chi connectivity index (χ2v) is 16.8. The molecule has 8 aromatic carbocycles. The molecule has 1 aliphatic carbocycles. The van der Waals surface area contributed by atoms with Crippen molar-refractivity contribution >= 4 is 66.4 Å². The van der Waals surface area contributed by atoms with E-state index in [1.165, 1.54) is 60.1 Å². The second kappa shape index (κ2) is 10.7. The van der Waals surface area contributed by atoms with Gasteiger partial charge in [0.1, 0.15) is 0 Å². The minimum atomic E-state index is -3.10. The molecule has 0 N–H and O–H groups in total. The fourth-order valence-electron chi connectivity index (χ4n) is 8.70. The lowest BCUT2D eigenvalue weighted by atomic mass is 9.68. The number of benzene rings is 8. The van der Waals surface area contributed by atoms with Gasteiger partial charge in [-0.3, -0.25) is 0 Å². The Bertz CT molecular complexity index is 2800. The van der Waals surface area contributed by atoms with Crippen LogP contribution in [0.25, 0.3) is 60.2 Å². The first kappa shape index (κ1) is 29.2. The quantitative estimate of drug-likeness (QED) is 0.172. The van der Waals surface area contributed by atoms with Gasteiger partial charge in [0, 0.05) is 43.4 Å². The van der Waals surface area contributed by atoms with Crippen LogP contribution in [-0.4, -0.2) is 4.57 Å². The predicted molar refractivity (Wildman–Crippen MR) is 213 cm³/mol. The van der Waals surface area contributed by atoms with Gasteiger partial charge in [-0.15, -0.1) is 0 Å². The summed E-state index contributed by atoms with van der Waals surface area (Å²) in [5.74, 6) is 0. The van der Waals surface area contributed by atoms with Crippen LogP contribution in [0.4, 0.5) is 0 Å². The van der Waals surface area contributed by atoms with Crippen molar-refractivity contribution in [3.63, 3.8) is 0 Å². The van der Waals surface area contributed by atoms with Crippen LogP contribution in [0.5, 0.6) is 0 Å². The molecule has 9 aromatic rings. The van der Waals surface area contributed by atoms with Gasteiger partial charge in [-0.05, 0) is 74.6 Å². The molecule has 0 saturated heterocycles. The summed E-state index contributed by atoms with van der Waals surface area (Å²) >= 11 is 0. The van der Waals surface area contributed by atoms with Gasteiger partial charge in [0.2, 0.25) is 0 Å². The Hall–Kier alpha value is -5.69. The normalized spacial score (nSPS) is 13.6. The maximum atomic E-state index is 15.2. The Kier molecular flexibility index (Phi) is 6.23. The summed E-state index contributed by atoms with van der Waals surface area (Å²) in [5, 5.41) is 10.1. The molecule has 1 heterocycles. The van der Waals surface area contributed by atoms with E-state index in [2.05, 4.69) is 128 Å². The predicted octanol–water partition coefficient (Wildman–Crippen LogP) is 11.0. The van der Waals surface area contributed by atoms with Gasteiger partial charge in [-0.25, -0.2) is 0 Å². The molecule has 0 fully saturated rings. The van der Waals surface area contributed by atoms with Gasteiger partial charge >= 0.3 is 0 Å². The van der Waals surface area contributed by atoms with Crippen molar-refractivity contribution in [3.8, 4) is 16.8 Å². The molecule has 0 amide bonds. The van der Waals surface area contributed by atoms with Crippen LogP contribution in [0.15, 0.2) is 170 Å². The van der Waals surface area contributed by atoms with E-state index in [1.54, 1.807) is 0 Å². The van der Waals surface area contributed by atoms with E-state index in [0.29, 0.717) is 0 Å². The number of hydrogen-bond donors (Lipinski definition) is 0. The molecule has 0 radical (unpaired) electrons. The SMILES string of the molecule is CC1(C)c2ccccc2-c2c3c1cccc3cc1c2c2c3ccccc3ccc2n1-c1ccc(P(=O)(c2ccccc2)c2ccccc2)cc1. The molecule has 0 spiro atoms. The van der Waals surface area contributed by atoms with Gasteiger partial charge in [-0.2, -0.15) is 0 Å². The average molecular weight is 660 g/mol. The zero-order valence-corrected chi connectivity index (χ0v) is 28.9. The maximum Gasteiger partial charge on any atom is 0.171 e. The largest absolute Gasteiger partial charge is 0.309 e. The van der Waals surface area contributed by atoms with Crippen molar-refractivity contribution in [2.24, 2.45) is 0 Å². The van der Waals surface area contributed by atoms with E-state index in [9.17, 15) is 0 Å². The number of nitrogens with zero attached hydrogens (tertiary/aromatic N) is 1. The Morgan fingerprint density at radius 3 is 1.82 bits per heavy atom. The van der Waals surface area contributed by atoms with E-state index >= 15 is 4.57 Å². The zero-order valence-electron chi connectivity index (χ0n) is 28.0. The Labute approximate surface area is 291 Å². The minimum absolute atomic E-state index is 0.126. The van der Waals surface area contributed by atoms with E-state index in [4.69, 9.17) is 0 Å². The van der Waals surface area contributed by atoms with Crippen LogP contribution >= 0.6 is 7.14 Å². The highest BCUT2D eigenvalue weighted by molar-refractivity contribution is 7.85. The highest BCUT2D eigenvalue weighted by Crippen LogP contribution is 2.53. The number of aromatic nitrogens is 1. The summed E-state index contributed by atoms with van der Waals surface area (Å²) in [6.45, 7) is 4.72. The first-order valence-electron chi connectivity index (χ1n) is 17.3. The van der Waals surface area contributed by atoms with Crippen molar-refractivity contribution in [2.45, 2.75) is 19.3 Å². The molecule has 238 valence electrons. The Balaban J connectivity index is 1.31. The Morgan fingerprint density at radius 2 is 1.08 bits per heavy atom. The molecule has 0 saturated carbocycles. The first-order valence-corrected chi connectivity index (χ1v) is 19.0. The van der Waals surface area contributed by atoms with Crippen molar-refractivity contribution in [2.75, 3.05) is 0 Å². The highest BCUT2D eigenvalue weighted by atomic mass is 31.2. The van der Waals surface area contributed by atoms with Gasteiger partial charge in [0.25, 0.3) is 0 Å². The lowest BCUT2D eigenvalue weighted by Crippen LogP contribution is -2.25. The molecular weight excluding hydrogens is 625 g/mol. The van der Waals surface area contributed by atoms with Crippen LogP contribution < -0.4 is 15.9 Å². The third-order valence-electron chi connectivity index (χ3n) is 11.0. The smallest absolute Gasteiger partial charge is 0.171 e. The fourth-order valence-corrected chi connectivity index (χ4v) is 11.4. The summed E-state index contributed by atoms with van der Waals surface area (Å²) in [6.07, 6.45) is 0. The third-order valence-corrected chi connectivity index (χ3v) is 14.1. The van der Waals surface area contributed by atoms with E-state index < -0.39 is 7.14 Å². The van der Waals surface area contributed by atoms with Crippen LogP contribution in [0, 0.1) is 0 Å². The number of hydrogen-bond acceptors (Lipinski definition) is 1. The molecule has 0 aliphatic heterocycles. The van der Waals surface area contributed by atoms with Crippen molar-refractivity contribution in [1.29, 1.82) is 0 Å². The maximum absolute atomic E-state index is 15.2. The Morgan fingerprint density at radius 1 is 0.480 bits per heavy atom. The molecule has 1 aromatic heterocycles. The highest BCUT2D eigenvalue weighted by Gasteiger charge is 2.35. The second-order valence-electron chi connectivity index (χ2n) is 14.0. The van der Waals surface area contributed by atoms with E-state index in [0.717, 1.165) is 27.1 Å². The van der Waals surface area contributed by atoms with Crippen LogP contribution in [0.1, 0.15) is 25.0 Å². The fraction of sp³-hybridized carbons (Fsp3) is 0.0638. The molecule has 0 atom stereocenters. The number of rotatable bonds is 4. The average Bonchev–Trinajstić information content (AvgIpc) is 3.51. The topological polar surface area (TPSA) is 22.0 Å². The molecule has 2 nitrogen and oxygen atoms in total. The van der Waals surface area contributed by atoms with E-state index in [-0.39, 0.29) is 5.41 Å². The summed E-state index contributed by atoms with van der Waals surface area (Å²) in [5.41, 5.74) is 8.60. The van der Waals surface area contributed by atoms with Crippen molar-refractivity contribution in [1.82, 2.24) is 4.57 Å². The van der Waals surface area contributed by atoms with Crippen molar-refractivity contribution < 1.29 is 4.57 Å². The van der Waals surface area contributed by atoms with Gasteiger partial charge in [-0.1, -0.05) is 147 Å². The molecule has 0 unspecified atom stereocenters. The standard InChI is InChI=1S/C47H34NOP/c1-47(2)39-22-12-11-21-38(39)45-43-32(15-13-23-40(43)47)30-42-46(45)44-37-20-10-9-14-31(37)24-29-41(44)48(42)33-25-27-36(28-26-33)50(49,34-16-5-3-6-17-34)35-18-7-4-8-19-35/h3-30H,1-2H3. The summed E-state index contributed by atoms with van der Waals surface area (Å²) in [6, 6.07) is 59.8. The monoisotopic (exact) mass is 659 g/mol. The van der Waals surface area contributed by atoms with Crippen LogP contribution in [0.3, 0.4) is 0 Å². The summed E-state index contributed by atoms with van der Waals surface area (Å²) < 4.78 is 17.6. The molecule has 10 rings (SSSR count). The number of fused-ring (bicyclic) bond motifs is 8. The van der Waals surface area contributed by atoms with Crippen LogP contribution in [-0.2, 0) is 9.98 Å². The summed E-state index contributed by atoms with van der Waals surface area (Å²) in [4.78, 5) is 0. The van der Waals surface area contributed by atoms with Gasteiger partial charge < -0.3 is 9.13 Å². The molecule has 1 aliphatic rings. The zero-order chi connectivity index (χ0) is 33.6. The van der Waals surface area contributed by atoms with Gasteiger partial charge in [0.05, 0.1) is 11.0 Å². The van der Waals surface area contributed by atoms with E-state index in [1.807, 2.05) is 60.7 Å². The molecule has 50 heavy (non-hydrogen) atoms. The third kappa shape index (κ3) is 3.94. The van der Waals surface area contributed by atoms with Crippen molar-refractivity contribution in [3.05, 3.63) is 181 Å². The lowest BCUT2D eigenvalue weighted by Gasteiger charge is -2.35. The molecule has 0 bridgehead atoms. The van der Waals surface area contributed by atoms with Crippen LogP contribution in [0.2, 0.25) is 0 Å². The first-order chi connectivity index (χ1) is 24.5. The molecular formula is C47H34NOP. The van der Waals surface area contributed by atoms with Gasteiger partial charge in [0.15, 0.2) is 7.14 Å². The molecule has 3 heteroatoms. The minimum Gasteiger partial charge on any atom is -0.309 e. The summed E-state index contributed by atoms with van der Waals surface area (Å²) in [7, 11) is -3.10.